The first kappa shape index (κ1) is 16.9. The summed E-state index contributed by atoms with van der Waals surface area (Å²) in [7, 11) is 0. The molecule has 3 heteroatoms. The molecule has 0 heterocycles. The first-order valence-corrected chi connectivity index (χ1v) is 9.55. The first-order valence-electron chi connectivity index (χ1n) is 9.55. The fourth-order valence-electron chi connectivity index (χ4n) is 6.54. The molecule has 3 N–H and O–H groups in total. The maximum Gasteiger partial charge on any atom is 0.156 e. The Morgan fingerprint density at radius 3 is 2.80 bits per heavy atom. The summed E-state index contributed by atoms with van der Waals surface area (Å²) in [6.07, 6.45) is 9.30. The predicted molar refractivity (Wildman–Crippen MR) is 97.1 cm³/mol. The average molecular weight is 340 g/mol. The maximum absolute atomic E-state index is 11.1. The molecule has 3 aliphatic carbocycles. The summed E-state index contributed by atoms with van der Waals surface area (Å²) in [4.78, 5) is 0. The Kier molecular flexibility index (Phi) is 3.72. The molecule has 25 heavy (non-hydrogen) atoms. The van der Waals surface area contributed by atoms with Gasteiger partial charge in [-0.15, -0.1) is 6.42 Å². The molecule has 2 fully saturated rings. The van der Waals surface area contributed by atoms with Crippen molar-refractivity contribution < 1.29 is 15.3 Å². The Labute approximate surface area is 150 Å². The first-order chi connectivity index (χ1) is 11.9. The van der Waals surface area contributed by atoms with Crippen LogP contribution in [-0.2, 0) is 6.42 Å². The van der Waals surface area contributed by atoms with Gasteiger partial charge in [-0.3, -0.25) is 0 Å². The van der Waals surface area contributed by atoms with Crippen LogP contribution in [0.25, 0.3) is 0 Å². The van der Waals surface area contributed by atoms with E-state index >= 15 is 0 Å². The van der Waals surface area contributed by atoms with Crippen molar-refractivity contribution in [2.24, 2.45) is 23.2 Å². The van der Waals surface area contributed by atoms with Gasteiger partial charge < -0.3 is 15.3 Å². The van der Waals surface area contributed by atoms with Gasteiger partial charge >= 0.3 is 0 Å². The summed E-state index contributed by atoms with van der Waals surface area (Å²) in [5, 5.41) is 31.6. The molecule has 0 bridgehead atoms. The normalized spacial score (nSPS) is 45.2. The van der Waals surface area contributed by atoms with Gasteiger partial charge in [-0.05, 0) is 72.6 Å². The molecule has 0 aliphatic heterocycles. The van der Waals surface area contributed by atoms with Gasteiger partial charge in [0.05, 0.1) is 6.10 Å². The lowest BCUT2D eigenvalue weighted by Gasteiger charge is -2.55. The van der Waals surface area contributed by atoms with E-state index in [1.807, 2.05) is 6.07 Å². The number of aliphatic hydroxyl groups is 2. The van der Waals surface area contributed by atoms with E-state index in [-0.39, 0.29) is 5.92 Å². The Bertz CT molecular complexity index is 735. The lowest BCUT2D eigenvalue weighted by atomic mass is 9.49. The third-order valence-corrected chi connectivity index (χ3v) is 7.80. The second-order valence-electron chi connectivity index (χ2n) is 8.67. The van der Waals surface area contributed by atoms with Crippen molar-refractivity contribution >= 4 is 0 Å². The molecular formula is C22H28O3. The molecule has 1 aromatic carbocycles. The highest BCUT2D eigenvalue weighted by molar-refractivity contribution is 5.41. The zero-order valence-corrected chi connectivity index (χ0v) is 15.1. The molecule has 3 nitrogen and oxygen atoms in total. The number of hydrogen-bond acceptors (Lipinski definition) is 3. The molecule has 7 atom stereocenters. The number of hydrogen-bond donors (Lipinski definition) is 3. The minimum absolute atomic E-state index is 0.235. The van der Waals surface area contributed by atoms with Crippen LogP contribution in [0.2, 0.25) is 0 Å². The highest BCUT2D eigenvalue weighted by Crippen LogP contribution is 2.66. The molecule has 0 saturated heterocycles. The highest BCUT2D eigenvalue weighted by Gasteiger charge is 2.66. The molecular weight excluding hydrogens is 312 g/mol. The topological polar surface area (TPSA) is 60.7 Å². The third-order valence-electron chi connectivity index (χ3n) is 7.80. The Morgan fingerprint density at radius 2 is 2.12 bits per heavy atom. The molecule has 0 amide bonds. The van der Waals surface area contributed by atoms with Crippen LogP contribution < -0.4 is 0 Å². The van der Waals surface area contributed by atoms with Crippen LogP contribution in [-0.4, -0.2) is 27.0 Å². The summed E-state index contributed by atoms with van der Waals surface area (Å²) >= 11 is 0. The fourth-order valence-corrected chi connectivity index (χ4v) is 6.54. The average Bonchev–Trinajstić information content (AvgIpc) is 2.81. The second-order valence-corrected chi connectivity index (χ2v) is 8.67. The van der Waals surface area contributed by atoms with Gasteiger partial charge in [0.15, 0.2) is 5.60 Å². The van der Waals surface area contributed by atoms with E-state index in [9.17, 15) is 15.3 Å². The van der Waals surface area contributed by atoms with Gasteiger partial charge in [0.25, 0.3) is 0 Å². The SMILES string of the molecule is C#C[C@]1(O)[C@H](O)CC2C3CCc4cc(O)ccc4C3[C@@H](CC)C[C@@]21C. The zero-order valence-electron chi connectivity index (χ0n) is 15.1. The molecule has 3 unspecified atom stereocenters. The number of phenols is 1. The summed E-state index contributed by atoms with van der Waals surface area (Å²) in [5.74, 6) is 4.43. The smallest absolute Gasteiger partial charge is 0.156 e. The van der Waals surface area contributed by atoms with Crippen molar-refractivity contribution in [3.63, 3.8) is 0 Å². The number of benzene rings is 1. The molecule has 0 spiro atoms. The number of aryl methyl sites for hydroxylation is 1. The second kappa shape index (κ2) is 5.50. The van der Waals surface area contributed by atoms with Gasteiger partial charge in [-0.1, -0.05) is 32.3 Å². The van der Waals surface area contributed by atoms with Crippen LogP contribution in [0, 0.1) is 35.5 Å². The van der Waals surface area contributed by atoms with E-state index in [0.29, 0.717) is 29.9 Å². The van der Waals surface area contributed by atoms with Crippen molar-refractivity contribution in [3.8, 4) is 18.1 Å². The Morgan fingerprint density at radius 1 is 1.36 bits per heavy atom. The quantitative estimate of drug-likeness (QED) is 0.688. The highest BCUT2D eigenvalue weighted by atomic mass is 16.3. The lowest BCUT2D eigenvalue weighted by Crippen LogP contribution is -2.55. The number of aliphatic hydroxyl groups excluding tert-OH is 1. The summed E-state index contributed by atoms with van der Waals surface area (Å²) in [6.45, 7) is 4.30. The zero-order chi connectivity index (χ0) is 18.0. The van der Waals surface area contributed by atoms with Gasteiger partial charge in [-0.25, -0.2) is 0 Å². The standard InChI is InChI=1S/C22H28O3/c1-4-13-12-21(3)18(11-19(24)22(21,25)5-2)17-8-6-14-10-15(23)7-9-16(14)20(13)17/h2,7,9-10,13,17-20,23-25H,4,6,8,11-12H2,1,3H3/t13-,17?,18?,19+,20?,21-,22-/m0/s1. The maximum atomic E-state index is 11.1. The van der Waals surface area contributed by atoms with Crippen LogP contribution in [0.4, 0.5) is 0 Å². The van der Waals surface area contributed by atoms with Gasteiger partial charge in [0, 0.05) is 5.41 Å². The van der Waals surface area contributed by atoms with Crippen molar-refractivity contribution in [3.05, 3.63) is 29.3 Å². The molecule has 4 rings (SSSR count). The molecule has 0 radical (unpaired) electrons. The number of phenolic OH excluding ortho intramolecular Hbond substituents is 1. The summed E-state index contributed by atoms with van der Waals surface area (Å²) in [6, 6.07) is 5.79. The van der Waals surface area contributed by atoms with Crippen LogP contribution in [0.1, 0.15) is 56.6 Å². The predicted octanol–water partition coefficient (Wildman–Crippen LogP) is 3.22. The number of aromatic hydroxyl groups is 1. The third kappa shape index (κ3) is 2.08. The Balaban J connectivity index is 1.81. The van der Waals surface area contributed by atoms with E-state index in [0.717, 1.165) is 25.7 Å². The number of terminal acetylenes is 1. The van der Waals surface area contributed by atoms with Crippen molar-refractivity contribution in [1.82, 2.24) is 0 Å². The van der Waals surface area contributed by atoms with E-state index in [4.69, 9.17) is 6.42 Å². The van der Waals surface area contributed by atoms with Crippen LogP contribution in [0.5, 0.6) is 5.75 Å². The molecule has 1 aromatic rings. The number of rotatable bonds is 1. The summed E-state index contributed by atoms with van der Waals surface area (Å²) < 4.78 is 0. The van der Waals surface area contributed by atoms with Crippen molar-refractivity contribution in [2.45, 2.75) is 63.6 Å². The minimum Gasteiger partial charge on any atom is -0.508 e. The van der Waals surface area contributed by atoms with Crippen molar-refractivity contribution in [2.75, 3.05) is 0 Å². The van der Waals surface area contributed by atoms with E-state index in [1.54, 1.807) is 6.07 Å². The van der Waals surface area contributed by atoms with Gasteiger partial charge in [-0.2, -0.15) is 0 Å². The van der Waals surface area contributed by atoms with Crippen LogP contribution in [0.15, 0.2) is 18.2 Å². The van der Waals surface area contributed by atoms with Crippen LogP contribution >= 0.6 is 0 Å². The van der Waals surface area contributed by atoms with Gasteiger partial charge in [0.2, 0.25) is 0 Å². The molecule has 134 valence electrons. The van der Waals surface area contributed by atoms with Crippen LogP contribution in [0.3, 0.4) is 0 Å². The minimum atomic E-state index is -1.43. The van der Waals surface area contributed by atoms with Gasteiger partial charge in [0.1, 0.15) is 5.75 Å². The summed E-state index contributed by atoms with van der Waals surface area (Å²) in [5.41, 5.74) is 0.755. The van der Waals surface area contributed by atoms with Crippen molar-refractivity contribution in [1.29, 1.82) is 0 Å². The monoisotopic (exact) mass is 340 g/mol. The lowest BCUT2D eigenvalue weighted by molar-refractivity contribution is -0.113. The molecule has 2 saturated carbocycles. The van der Waals surface area contributed by atoms with E-state index in [2.05, 4.69) is 25.8 Å². The molecule has 0 aromatic heterocycles. The van der Waals surface area contributed by atoms with E-state index in [1.165, 1.54) is 11.1 Å². The Hall–Kier alpha value is -1.50. The fraction of sp³-hybridized carbons (Fsp3) is 0.636. The largest absolute Gasteiger partial charge is 0.508 e. The number of fused-ring (bicyclic) bond motifs is 5. The molecule has 3 aliphatic rings. The van der Waals surface area contributed by atoms with E-state index < -0.39 is 17.1 Å².